The minimum atomic E-state index is -0.557. The second-order valence-electron chi connectivity index (χ2n) is 46.5. The number of aryl methyl sites for hydroxylation is 12. The number of nitriles is 1. The summed E-state index contributed by atoms with van der Waals surface area (Å²) in [7, 11) is 13.4. The van der Waals surface area contributed by atoms with Gasteiger partial charge in [-0.1, -0.05) is 88.2 Å². The number of aliphatic hydroxyl groups is 1. The van der Waals surface area contributed by atoms with Crippen LogP contribution < -0.4 is 0 Å². The summed E-state index contributed by atoms with van der Waals surface area (Å²) in [5.41, 5.74) is 20.6. The molecular weight excluding hydrogens is 1910 g/mol. The maximum Gasteiger partial charge on any atom is 0.266 e. The number of hydrogen-bond acceptors (Lipinski definition) is 35. The largest absolute Gasteiger partial charge is 0.515 e. The first-order valence-corrected chi connectivity index (χ1v) is 53.5. The number of hydrogen-bond donors (Lipinski definition) is 1. The fourth-order valence-electron chi connectivity index (χ4n) is 30.8. The Morgan fingerprint density at radius 3 is 1.07 bits per heavy atom. The highest BCUT2D eigenvalue weighted by Crippen LogP contribution is 2.63. The Bertz CT molecular complexity index is 7360. The molecule has 27 rings (SSSR count). The Morgan fingerprint density at radius 1 is 0.380 bits per heavy atom. The van der Waals surface area contributed by atoms with Crippen LogP contribution in [0, 0.1) is 117 Å². The van der Waals surface area contributed by atoms with Crippen LogP contribution in [0.3, 0.4) is 0 Å². The molecule has 0 bridgehead atoms. The summed E-state index contributed by atoms with van der Waals surface area (Å²) in [6.07, 6.45) is 21.8. The first-order valence-electron chi connectivity index (χ1n) is 53.5. The van der Waals surface area contributed by atoms with Gasteiger partial charge in [0.15, 0.2) is 23.1 Å². The summed E-state index contributed by atoms with van der Waals surface area (Å²) >= 11 is 0. The number of allylic oxidation sites excluding steroid dienone is 1. The monoisotopic (exact) mass is 2050 g/mol. The van der Waals surface area contributed by atoms with Gasteiger partial charge in [-0.2, -0.15) is 40.7 Å². The standard InChI is InChI=1S/C19H26N4O3.C18H26N6O2.2C18H21N5O2.C18H22N4O3.C17H22N4O2/c1-11-14-6-5-13-15(17-21-20-12(2)26-17)23(4)22-16(13)18(14,3)7-8-19(11)24-9-10-25-19;1-11-13-6-5-12-14(16-19-22-24(4)21-16)23(3)20-15(12)17(13,2)7-8-18(11)25-9-10-26-18;1-9-13-6-5-12-14(17-21-20-10(2)24-17)23(4)22-16(12)18(13,3)7-11-8-19-25-15(9)11;1-9-13-6-5-12-14(17-21-20-10(2)25-17)23(4)22-16(12)18(13,3)7-11(8-19)15(9)24;1-9-13-6-5-12-14(17-20-19-10(2)25-17)22(4)21-16(12)18(13,3)7-11(8-23)15(9)24;1-9-12-6-5-11-14(16-19-18-10(2)23-16)21(4)20-15(11)17(12,3)8-7-13(9)22/h11,14H,5-10H2,1-4H3;11,13H,5-10H2,1-4H3;8-9,13H,5-7H2,1-4H3;9,11,13H,5-7H2,1-4H3;8-9,13,23H,5-7H2,1-4H3;9,12H,5-8H2,1-4H3/b;;;;11-8-;/t11-,14-,18-;11-,13-,17-;9-,13-,18-;9-,11?,13-,18-;9-,13-,18-;9-,12-,17-/m000000/s1. The van der Waals surface area contributed by atoms with Crippen LogP contribution in [0.25, 0.3) is 69.4 Å². The molecule has 5 saturated carbocycles. The zero-order valence-electron chi connectivity index (χ0n) is 90.6. The molecule has 794 valence electrons. The van der Waals surface area contributed by atoms with Gasteiger partial charge < -0.3 is 50.7 Å². The molecule has 42 heteroatoms. The van der Waals surface area contributed by atoms with E-state index in [0.29, 0.717) is 163 Å². The van der Waals surface area contributed by atoms with Gasteiger partial charge in [-0.25, -0.2) is 0 Å². The topological polar surface area (TPSA) is 503 Å². The number of aliphatic hydroxyl groups excluding tert-OH is 1. The fourth-order valence-corrected chi connectivity index (χ4v) is 30.8. The van der Waals surface area contributed by atoms with E-state index in [1.807, 2.05) is 94.9 Å². The van der Waals surface area contributed by atoms with Gasteiger partial charge in [0.05, 0.1) is 86.2 Å². The van der Waals surface area contributed by atoms with Gasteiger partial charge in [0.25, 0.3) is 29.5 Å². The lowest BCUT2D eigenvalue weighted by Crippen LogP contribution is -2.55. The van der Waals surface area contributed by atoms with Gasteiger partial charge in [-0.3, -0.25) is 42.5 Å². The van der Waals surface area contributed by atoms with Crippen molar-refractivity contribution < 1.29 is 65.0 Å². The Kier molecular flexibility index (Phi) is 25.3. The van der Waals surface area contributed by atoms with Crippen molar-refractivity contribution in [1.29, 1.82) is 5.26 Å². The Balaban J connectivity index is 0.000000102. The number of Topliss-reactive ketones (excluding diaryl/α,β-unsaturated/α-hetero) is 3. The van der Waals surface area contributed by atoms with Crippen LogP contribution in [0.1, 0.15) is 287 Å². The lowest BCUT2D eigenvalue weighted by atomic mass is 9.54. The van der Waals surface area contributed by atoms with Crippen LogP contribution in [0.5, 0.6) is 0 Å². The lowest BCUT2D eigenvalue weighted by molar-refractivity contribution is -0.234. The molecule has 2 spiro atoms. The van der Waals surface area contributed by atoms with E-state index >= 15 is 0 Å². The molecule has 2 saturated heterocycles. The first-order chi connectivity index (χ1) is 71.5. The van der Waals surface area contributed by atoms with Gasteiger partial charge in [0.1, 0.15) is 51.6 Å². The normalized spacial score (nSPS) is 30.8. The first kappa shape index (κ1) is 102. The summed E-state index contributed by atoms with van der Waals surface area (Å²) < 4.78 is 69.5. The van der Waals surface area contributed by atoms with Crippen LogP contribution in [-0.2, 0) is 160 Å². The molecule has 15 heterocycles. The lowest BCUT2D eigenvalue weighted by Gasteiger charge is -2.53. The molecule has 42 nitrogen and oxygen atoms in total. The molecule has 2 aliphatic heterocycles. The van der Waals surface area contributed by atoms with Crippen LogP contribution in [-0.4, -0.2) is 195 Å². The van der Waals surface area contributed by atoms with Crippen molar-refractivity contribution in [2.24, 2.45) is 120 Å². The molecule has 0 radical (unpaired) electrons. The quantitative estimate of drug-likeness (QED) is 0.119. The average molecular weight is 2050 g/mol. The molecule has 13 aromatic rings. The van der Waals surface area contributed by atoms with Gasteiger partial charge in [0, 0.05) is 209 Å². The van der Waals surface area contributed by atoms with E-state index in [1.165, 1.54) is 44.0 Å². The van der Waals surface area contributed by atoms with Gasteiger partial charge in [-0.05, 0) is 156 Å². The molecule has 0 aromatic carbocycles. The third kappa shape index (κ3) is 16.0. The molecule has 1 unspecified atom stereocenters. The predicted octanol–water partition coefficient (Wildman–Crippen LogP) is 14.9. The Hall–Kier alpha value is -12.9. The Morgan fingerprint density at radius 2 is 0.713 bits per heavy atom. The minimum absolute atomic E-state index is 0.0264. The molecular formula is C108H138N28O14. The molecule has 1 N–H and O–H groups in total. The highest BCUT2D eigenvalue weighted by molar-refractivity contribution is 5.98. The molecule has 0 amide bonds. The highest BCUT2D eigenvalue weighted by Gasteiger charge is 2.63. The van der Waals surface area contributed by atoms with Crippen molar-refractivity contribution in [1.82, 2.24) is 135 Å². The summed E-state index contributed by atoms with van der Waals surface area (Å²) in [6, 6.07) is 2.20. The van der Waals surface area contributed by atoms with Crippen LogP contribution in [0.2, 0.25) is 0 Å². The van der Waals surface area contributed by atoms with E-state index in [1.54, 1.807) is 37.2 Å². The smallest absolute Gasteiger partial charge is 0.266 e. The molecule has 12 aliphatic carbocycles. The summed E-state index contributed by atoms with van der Waals surface area (Å²) in [5, 5.41) is 106. The average Bonchev–Trinajstić information content (AvgIpc) is 1.72. The van der Waals surface area contributed by atoms with E-state index in [4.69, 9.17) is 76.1 Å². The third-order valence-corrected chi connectivity index (χ3v) is 38.2. The zero-order valence-corrected chi connectivity index (χ0v) is 90.6. The summed E-state index contributed by atoms with van der Waals surface area (Å²) in [6.45, 7) is 38.3. The number of rotatable bonds is 6. The molecule has 150 heavy (non-hydrogen) atoms. The highest BCUT2D eigenvalue weighted by atomic mass is 16.7. The van der Waals surface area contributed by atoms with Crippen molar-refractivity contribution in [2.75, 3.05) is 26.4 Å². The molecule has 19 atom stereocenters. The van der Waals surface area contributed by atoms with Gasteiger partial charge >= 0.3 is 0 Å². The number of tetrazole rings is 1. The fraction of sp³-hybridized carbons (Fsp3) is 0.648. The minimum Gasteiger partial charge on any atom is -0.515 e. The zero-order chi connectivity index (χ0) is 106. The number of aromatic nitrogens is 27. The van der Waals surface area contributed by atoms with E-state index in [-0.39, 0.29) is 85.2 Å². The number of ether oxygens (including phenoxy) is 4. The van der Waals surface area contributed by atoms with Crippen molar-refractivity contribution in [2.45, 2.75) is 303 Å². The SMILES string of the molecule is C[C@H]1[C@@H]2CCc3c(nn(C)c3-c3nnn(C)n3)[C@@]2(C)CCC12OCCO2.Cc1nnc(-c2c3c(nn2C)[C@@]2(C)C/C(=C/O)C(=O)[C@@H](C)[C@@H]2CC3)o1.Cc1nnc(-c2c3c(nn2C)[C@@]2(C)CC(C#N)C(=O)[C@@H](C)[C@@H]2CC3)o1.Cc1nnc(-c2c3c(nn2C)[C@@]2(C)CCC(=O)[C@@H](C)[C@@H]2CC3)o1.Cc1nnc(-c2c3c(nn2C)[C@@]2(C)CCC4(OCCO4)[C@@H](C)[C@@H]2CC3)o1.Cc1nnc(-c2c3c(nn2C)[C@@]2(C)Cc4cnoc4[C@@H](C)[C@@H]2CC3)o1. The third-order valence-electron chi connectivity index (χ3n) is 38.2. The maximum absolute atomic E-state index is 12.5. The molecule has 14 aliphatic rings. The summed E-state index contributed by atoms with van der Waals surface area (Å²) in [5.74, 6) is 9.55. The van der Waals surface area contributed by atoms with Crippen LogP contribution >= 0.6 is 0 Å². The number of fused-ring (bicyclic) bond motifs is 19. The van der Waals surface area contributed by atoms with E-state index < -0.39 is 5.92 Å². The molecule has 7 fully saturated rings. The van der Waals surface area contributed by atoms with E-state index in [0.717, 1.165) is 196 Å². The number of nitrogens with zero attached hydrogens (tertiary/aromatic N) is 28. The molecule has 13 aromatic heterocycles. The van der Waals surface area contributed by atoms with E-state index in [2.05, 4.69) is 147 Å². The van der Waals surface area contributed by atoms with Crippen molar-refractivity contribution in [3.63, 3.8) is 0 Å². The van der Waals surface area contributed by atoms with Gasteiger partial charge in [0.2, 0.25) is 35.3 Å². The second kappa shape index (κ2) is 37.3. The number of ketones is 3. The van der Waals surface area contributed by atoms with Crippen molar-refractivity contribution >= 4 is 17.3 Å². The van der Waals surface area contributed by atoms with Crippen LogP contribution in [0.15, 0.2) is 44.6 Å². The number of carbonyl (C=O) groups is 3. The maximum atomic E-state index is 12.5. The second-order valence-corrected chi connectivity index (χ2v) is 46.5. The van der Waals surface area contributed by atoms with Crippen molar-refractivity contribution in [3.05, 3.63) is 126 Å². The summed E-state index contributed by atoms with van der Waals surface area (Å²) in [4.78, 5) is 38.6. The van der Waals surface area contributed by atoms with Gasteiger partial charge in [-0.15, -0.1) is 61.2 Å². The van der Waals surface area contributed by atoms with E-state index in [9.17, 15) is 24.8 Å². The van der Waals surface area contributed by atoms with Crippen molar-refractivity contribution in [3.8, 4) is 75.5 Å². The van der Waals surface area contributed by atoms with Crippen LogP contribution in [0.4, 0.5) is 0 Å². The predicted molar refractivity (Wildman–Crippen MR) is 538 cm³/mol. The Labute approximate surface area is 869 Å². The number of carbonyl (C=O) groups excluding carboxylic acids is 3.